The lowest BCUT2D eigenvalue weighted by atomic mass is 10.0. The van der Waals surface area contributed by atoms with Gasteiger partial charge in [0.2, 0.25) is 5.91 Å². The van der Waals surface area contributed by atoms with Crippen molar-refractivity contribution < 1.29 is 47.8 Å². The SMILES string of the molecule is CCCCCCCCCCCCCCCCCCCC(=O)OCC(O)COP(=O)(O)OCC(NC(=O)CCCC)C(=O)O. The van der Waals surface area contributed by atoms with Crippen molar-refractivity contribution in [3.05, 3.63) is 0 Å². The number of carbonyl (C=O) groups is 3. The maximum Gasteiger partial charge on any atom is 0.472 e. The molecule has 3 atom stereocenters. The predicted molar refractivity (Wildman–Crippen MR) is 167 cm³/mol. The molecule has 0 fully saturated rings. The van der Waals surface area contributed by atoms with Gasteiger partial charge in [-0.2, -0.15) is 0 Å². The first-order valence-corrected chi connectivity index (χ1v) is 18.1. The van der Waals surface area contributed by atoms with E-state index in [1.165, 1.54) is 83.5 Å². The van der Waals surface area contributed by atoms with Gasteiger partial charge in [-0.15, -0.1) is 0 Å². The summed E-state index contributed by atoms with van der Waals surface area (Å²) < 4.78 is 26.3. The highest BCUT2D eigenvalue weighted by Crippen LogP contribution is 2.43. The molecule has 254 valence electrons. The smallest absolute Gasteiger partial charge is 0.472 e. The van der Waals surface area contributed by atoms with Crippen molar-refractivity contribution in [1.82, 2.24) is 5.32 Å². The van der Waals surface area contributed by atoms with Crippen LogP contribution >= 0.6 is 7.82 Å². The highest BCUT2D eigenvalue weighted by atomic mass is 31.2. The van der Waals surface area contributed by atoms with Gasteiger partial charge < -0.3 is 25.2 Å². The van der Waals surface area contributed by atoms with E-state index in [1.54, 1.807) is 0 Å². The second-order valence-electron chi connectivity index (χ2n) is 11.4. The standard InChI is InChI=1S/C31H60NO10P/c1-3-5-7-8-9-10-11-12-13-14-15-16-17-18-19-20-21-23-30(35)40-24-27(33)25-41-43(38,39)42-26-28(31(36)37)32-29(34)22-6-4-2/h27-28,33H,3-26H2,1-2H3,(H,32,34)(H,36,37)(H,38,39). The number of esters is 1. The number of amides is 1. The Morgan fingerprint density at radius 2 is 1.09 bits per heavy atom. The van der Waals surface area contributed by atoms with E-state index in [9.17, 15) is 34.1 Å². The third-order valence-electron chi connectivity index (χ3n) is 7.15. The van der Waals surface area contributed by atoms with Crippen LogP contribution in [0.4, 0.5) is 0 Å². The Hall–Kier alpha value is -1.52. The molecule has 0 saturated heterocycles. The van der Waals surface area contributed by atoms with Crippen LogP contribution in [0.3, 0.4) is 0 Å². The molecule has 11 nitrogen and oxygen atoms in total. The number of hydrogen-bond donors (Lipinski definition) is 4. The van der Waals surface area contributed by atoms with Gasteiger partial charge in [-0.25, -0.2) is 9.36 Å². The van der Waals surface area contributed by atoms with Gasteiger partial charge in [0, 0.05) is 12.8 Å². The van der Waals surface area contributed by atoms with Gasteiger partial charge in [-0.05, 0) is 12.8 Å². The van der Waals surface area contributed by atoms with Crippen LogP contribution in [0, 0.1) is 0 Å². The zero-order chi connectivity index (χ0) is 32.2. The number of carbonyl (C=O) groups excluding carboxylic acids is 2. The van der Waals surface area contributed by atoms with Gasteiger partial charge in [0.1, 0.15) is 12.7 Å². The van der Waals surface area contributed by atoms with E-state index in [0.717, 1.165) is 25.7 Å². The topological polar surface area (TPSA) is 169 Å². The Bertz CT molecular complexity index is 767. The molecule has 4 N–H and O–H groups in total. The summed E-state index contributed by atoms with van der Waals surface area (Å²) >= 11 is 0. The van der Waals surface area contributed by atoms with Crippen LogP contribution in [0.2, 0.25) is 0 Å². The van der Waals surface area contributed by atoms with E-state index in [1.807, 2.05) is 6.92 Å². The number of aliphatic carboxylic acids is 1. The lowest BCUT2D eigenvalue weighted by Crippen LogP contribution is -2.43. The number of unbranched alkanes of at least 4 members (excludes halogenated alkanes) is 17. The van der Waals surface area contributed by atoms with Crippen molar-refractivity contribution in [2.75, 3.05) is 19.8 Å². The Labute approximate surface area is 259 Å². The van der Waals surface area contributed by atoms with Crippen LogP contribution in [-0.4, -0.2) is 64.9 Å². The molecule has 0 heterocycles. The molecule has 0 aliphatic rings. The third kappa shape index (κ3) is 27.7. The Morgan fingerprint density at radius 1 is 0.651 bits per heavy atom. The maximum absolute atomic E-state index is 12.0. The Balaban J connectivity index is 3.76. The van der Waals surface area contributed by atoms with E-state index in [4.69, 9.17) is 4.74 Å². The number of carboxylic acids is 1. The molecule has 0 aromatic carbocycles. The Morgan fingerprint density at radius 3 is 1.56 bits per heavy atom. The lowest BCUT2D eigenvalue weighted by Gasteiger charge is -2.18. The second kappa shape index (κ2) is 28.0. The normalized spacial score (nSPS) is 14.1. The van der Waals surface area contributed by atoms with Crippen molar-refractivity contribution in [3.8, 4) is 0 Å². The van der Waals surface area contributed by atoms with Crippen molar-refractivity contribution in [2.24, 2.45) is 0 Å². The van der Waals surface area contributed by atoms with E-state index in [2.05, 4.69) is 21.3 Å². The number of aliphatic hydroxyl groups excluding tert-OH is 1. The summed E-state index contributed by atoms with van der Waals surface area (Å²) in [6, 6.07) is -1.53. The molecule has 43 heavy (non-hydrogen) atoms. The first-order valence-electron chi connectivity index (χ1n) is 16.6. The van der Waals surface area contributed by atoms with Crippen LogP contribution in [0.25, 0.3) is 0 Å². The first-order chi connectivity index (χ1) is 20.6. The van der Waals surface area contributed by atoms with Crippen molar-refractivity contribution in [2.45, 2.75) is 161 Å². The van der Waals surface area contributed by atoms with E-state index < -0.39 is 57.6 Å². The van der Waals surface area contributed by atoms with Gasteiger partial charge in [-0.1, -0.05) is 123 Å². The Kier molecular flexibility index (Phi) is 27.0. The van der Waals surface area contributed by atoms with Crippen molar-refractivity contribution in [1.29, 1.82) is 0 Å². The molecule has 0 saturated carbocycles. The van der Waals surface area contributed by atoms with Gasteiger partial charge in [0.05, 0.1) is 13.2 Å². The highest BCUT2D eigenvalue weighted by Gasteiger charge is 2.28. The van der Waals surface area contributed by atoms with Crippen LogP contribution in [0.5, 0.6) is 0 Å². The monoisotopic (exact) mass is 637 g/mol. The summed E-state index contributed by atoms with van der Waals surface area (Å²) in [5, 5.41) is 21.3. The summed E-state index contributed by atoms with van der Waals surface area (Å²) in [6.07, 6.45) is 21.6. The van der Waals surface area contributed by atoms with Gasteiger partial charge in [0.25, 0.3) is 0 Å². The number of carboxylic acid groups (broad SMARTS) is 1. The largest absolute Gasteiger partial charge is 0.480 e. The fraction of sp³-hybridized carbons (Fsp3) is 0.903. The zero-order valence-corrected chi connectivity index (χ0v) is 27.7. The predicted octanol–water partition coefficient (Wildman–Crippen LogP) is 6.83. The van der Waals surface area contributed by atoms with Crippen LogP contribution in [0.15, 0.2) is 0 Å². The quantitative estimate of drug-likeness (QED) is 0.0359. The minimum absolute atomic E-state index is 0.123. The van der Waals surface area contributed by atoms with Gasteiger partial charge in [0.15, 0.2) is 6.04 Å². The summed E-state index contributed by atoms with van der Waals surface area (Å²) in [7, 11) is -4.72. The molecule has 12 heteroatoms. The average molecular weight is 638 g/mol. The summed E-state index contributed by atoms with van der Waals surface area (Å²) in [5.74, 6) is -2.42. The molecule has 0 radical (unpaired) electrons. The first kappa shape index (κ1) is 41.5. The van der Waals surface area contributed by atoms with Crippen LogP contribution < -0.4 is 5.32 Å². The van der Waals surface area contributed by atoms with Crippen molar-refractivity contribution in [3.63, 3.8) is 0 Å². The molecule has 0 spiro atoms. The number of phosphoric acid groups is 1. The highest BCUT2D eigenvalue weighted by molar-refractivity contribution is 7.47. The molecule has 0 bridgehead atoms. The molecular weight excluding hydrogens is 577 g/mol. The van der Waals surface area contributed by atoms with Crippen LogP contribution in [0.1, 0.15) is 149 Å². The molecular formula is C31H60NO10P. The number of rotatable bonds is 31. The summed E-state index contributed by atoms with van der Waals surface area (Å²) in [5.41, 5.74) is 0. The number of phosphoric ester groups is 1. The number of ether oxygens (including phenoxy) is 1. The van der Waals surface area contributed by atoms with Crippen molar-refractivity contribution >= 4 is 25.7 Å². The maximum atomic E-state index is 12.0. The molecule has 3 unspecified atom stereocenters. The molecule has 0 aromatic heterocycles. The molecule has 0 aromatic rings. The summed E-state index contributed by atoms with van der Waals surface area (Å²) in [6.45, 7) is 2.25. The zero-order valence-electron chi connectivity index (χ0n) is 26.8. The fourth-order valence-electron chi connectivity index (χ4n) is 4.47. The third-order valence-corrected chi connectivity index (χ3v) is 8.10. The number of nitrogens with one attached hydrogen (secondary N) is 1. The number of aliphatic hydroxyl groups is 1. The number of hydrogen-bond acceptors (Lipinski definition) is 8. The second-order valence-corrected chi connectivity index (χ2v) is 12.8. The molecule has 0 aliphatic carbocycles. The minimum atomic E-state index is -4.72. The fourth-order valence-corrected chi connectivity index (χ4v) is 5.24. The molecule has 0 aliphatic heterocycles. The lowest BCUT2D eigenvalue weighted by molar-refractivity contribution is -0.147. The molecule has 0 rings (SSSR count). The van der Waals surface area contributed by atoms with E-state index in [0.29, 0.717) is 12.8 Å². The van der Waals surface area contributed by atoms with Crippen LogP contribution in [-0.2, 0) is 32.7 Å². The van der Waals surface area contributed by atoms with E-state index >= 15 is 0 Å². The van der Waals surface area contributed by atoms with Gasteiger partial charge >= 0.3 is 19.8 Å². The average Bonchev–Trinajstić information content (AvgIpc) is 2.97. The summed E-state index contributed by atoms with van der Waals surface area (Å²) in [4.78, 5) is 44.7. The van der Waals surface area contributed by atoms with E-state index in [-0.39, 0.29) is 12.8 Å². The minimum Gasteiger partial charge on any atom is -0.480 e. The molecule has 1 amide bonds. The van der Waals surface area contributed by atoms with Gasteiger partial charge in [-0.3, -0.25) is 18.6 Å².